The predicted octanol–water partition coefficient (Wildman–Crippen LogP) is 2.94. The summed E-state index contributed by atoms with van der Waals surface area (Å²) in [7, 11) is 1.24. The summed E-state index contributed by atoms with van der Waals surface area (Å²) in [4.78, 5) is 11.1. The number of benzene rings is 1. The Morgan fingerprint density at radius 3 is 2.88 bits per heavy atom. The van der Waals surface area contributed by atoms with Crippen LogP contribution in [0.5, 0.6) is 0 Å². The minimum Gasteiger partial charge on any atom is -0.462 e. The lowest BCUT2D eigenvalue weighted by atomic mass is 10.2. The van der Waals surface area contributed by atoms with Gasteiger partial charge >= 0.3 is 11.9 Å². The number of halogens is 2. The van der Waals surface area contributed by atoms with Crippen molar-refractivity contribution in [2.24, 2.45) is 0 Å². The van der Waals surface area contributed by atoms with Crippen LogP contribution in [0.25, 0.3) is 11.5 Å². The van der Waals surface area contributed by atoms with Gasteiger partial charge in [0.2, 0.25) is 5.89 Å². The fraction of sp³-hybridized carbons (Fsp3) is 0.100. The zero-order valence-corrected chi connectivity index (χ0v) is 10.9. The SMILES string of the molecule is COC(=O)c1nnc(-c2ccc(Cl)c(Br)c2)o1. The molecular weight excluding hydrogens is 311 g/mol. The maximum atomic E-state index is 11.1. The molecule has 5 nitrogen and oxygen atoms in total. The first-order chi connectivity index (χ1) is 8.11. The molecule has 0 aliphatic carbocycles. The van der Waals surface area contributed by atoms with Crippen molar-refractivity contribution in [1.29, 1.82) is 0 Å². The van der Waals surface area contributed by atoms with Gasteiger partial charge in [-0.1, -0.05) is 11.6 Å². The molecule has 0 saturated carbocycles. The molecule has 2 aromatic rings. The van der Waals surface area contributed by atoms with Gasteiger partial charge in [-0.2, -0.15) is 0 Å². The Morgan fingerprint density at radius 1 is 1.47 bits per heavy atom. The maximum Gasteiger partial charge on any atom is 0.396 e. The summed E-state index contributed by atoms with van der Waals surface area (Å²) in [6.45, 7) is 0. The van der Waals surface area contributed by atoms with Crippen molar-refractivity contribution in [3.8, 4) is 11.5 Å². The normalized spacial score (nSPS) is 10.3. The quantitative estimate of drug-likeness (QED) is 0.797. The van der Waals surface area contributed by atoms with E-state index in [2.05, 4.69) is 30.9 Å². The number of rotatable bonds is 2. The second-order valence-corrected chi connectivity index (χ2v) is 4.29. The van der Waals surface area contributed by atoms with E-state index in [-0.39, 0.29) is 11.8 Å². The van der Waals surface area contributed by atoms with Gasteiger partial charge in [-0.3, -0.25) is 0 Å². The molecule has 1 aromatic carbocycles. The van der Waals surface area contributed by atoms with Gasteiger partial charge in [0.25, 0.3) is 0 Å². The summed E-state index contributed by atoms with van der Waals surface area (Å²) >= 11 is 9.14. The number of carbonyl (C=O) groups is 1. The number of methoxy groups -OCH3 is 1. The van der Waals surface area contributed by atoms with Gasteiger partial charge in [0, 0.05) is 10.0 Å². The monoisotopic (exact) mass is 316 g/mol. The van der Waals surface area contributed by atoms with Crippen molar-refractivity contribution in [2.45, 2.75) is 0 Å². The second kappa shape index (κ2) is 4.85. The molecule has 1 aromatic heterocycles. The third-order valence-corrected chi connectivity index (χ3v) is 3.17. The number of ether oxygens (including phenoxy) is 1. The highest BCUT2D eigenvalue weighted by atomic mass is 79.9. The van der Waals surface area contributed by atoms with Gasteiger partial charge in [-0.15, -0.1) is 10.2 Å². The molecule has 0 N–H and O–H groups in total. The highest BCUT2D eigenvalue weighted by molar-refractivity contribution is 9.10. The van der Waals surface area contributed by atoms with E-state index in [9.17, 15) is 4.79 Å². The van der Waals surface area contributed by atoms with E-state index in [0.717, 1.165) is 0 Å². The van der Waals surface area contributed by atoms with Crippen LogP contribution in [-0.2, 0) is 4.74 Å². The number of hydrogen-bond donors (Lipinski definition) is 0. The Bertz CT molecular complexity index is 570. The molecule has 1 heterocycles. The van der Waals surface area contributed by atoms with E-state index in [1.54, 1.807) is 18.2 Å². The van der Waals surface area contributed by atoms with E-state index < -0.39 is 5.97 Å². The molecule has 0 bridgehead atoms. The number of nitrogens with zero attached hydrogens (tertiary/aromatic N) is 2. The van der Waals surface area contributed by atoms with Gasteiger partial charge in [-0.05, 0) is 34.1 Å². The van der Waals surface area contributed by atoms with Crippen molar-refractivity contribution < 1.29 is 13.9 Å². The average Bonchev–Trinajstić information content (AvgIpc) is 2.81. The van der Waals surface area contributed by atoms with Crippen molar-refractivity contribution in [3.05, 3.63) is 33.6 Å². The minimum atomic E-state index is -0.670. The summed E-state index contributed by atoms with van der Waals surface area (Å²) in [5, 5.41) is 7.89. The van der Waals surface area contributed by atoms with Gasteiger partial charge in [-0.25, -0.2) is 4.79 Å². The van der Waals surface area contributed by atoms with E-state index in [1.807, 2.05) is 0 Å². The lowest BCUT2D eigenvalue weighted by molar-refractivity contribution is 0.0556. The van der Waals surface area contributed by atoms with Crippen LogP contribution in [0.15, 0.2) is 27.1 Å². The molecule has 0 fully saturated rings. The molecule has 0 radical (unpaired) electrons. The van der Waals surface area contributed by atoms with Crippen LogP contribution in [0.1, 0.15) is 10.7 Å². The molecular formula is C10H6BrClN2O3. The smallest absolute Gasteiger partial charge is 0.396 e. The van der Waals surface area contributed by atoms with Crippen LogP contribution in [0, 0.1) is 0 Å². The summed E-state index contributed by atoms with van der Waals surface area (Å²) in [5.74, 6) is -0.631. The van der Waals surface area contributed by atoms with Gasteiger partial charge < -0.3 is 9.15 Å². The van der Waals surface area contributed by atoms with Crippen LogP contribution in [0.4, 0.5) is 0 Å². The summed E-state index contributed by atoms with van der Waals surface area (Å²) in [5.41, 5.74) is 0.656. The summed E-state index contributed by atoms with van der Waals surface area (Å²) in [6.07, 6.45) is 0. The van der Waals surface area contributed by atoms with E-state index in [0.29, 0.717) is 15.1 Å². The lowest BCUT2D eigenvalue weighted by Crippen LogP contribution is -2.00. The third-order valence-electron chi connectivity index (χ3n) is 1.95. The zero-order valence-electron chi connectivity index (χ0n) is 8.61. The van der Waals surface area contributed by atoms with E-state index >= 15 is 0 Å². The number of carbonyl (C=O) groups excluding carboxylic acids is 1. The summed E-state index contributed by atoms with van der Waals surface area (Å²) in [6, 6.07) is 5.11. The Balaban J connectivity index is 2.37. The summed E-state index contributed by atoms with van der Waals surface area (Å²) < 4.78 is 10.3. The third kappa shape index (κ3) is 2.48. The molecule has 0 amide bonds. The number of hydrogen-bond acceptors (Lipinski definition) is 5. The fourth-order valence-electron chi connectivity index (χ4n) is 1.14. The molecule has 0 spiro atoms. The largest absolute Gasteiger partial charge is 0.462 e. The average molecular weight is 318 g/mol. The molecule has 17 heavy (non-hydrogen) atoms. The number of esters is 1. The molecule has 0 atom stereocenters. The Hall–Kier alpha value is -1.40. The van der Waals surface area contributed by atoms with Crippen molar-refractivity contribution >= 4 is 33.5 Å². The molecule has 0 unspecified atom stereocenters. The second-order valence-electron chi connectivity index (χ2n) is 3.03. The molecule has 88 valence electrons. The van der Waals surface area contributed by atoms with Crippen LogP contribution >= 0.6 is 27.5 Å². The first-order valence-electron chi connectivity index (χ1n) is 4.49. The minimum absolute atomic E-state index is 0.187. The van der Waals surface area contributed by atoms with Crippen LogP contribution in [-0.4, -0.2) is 23.3 Å². The fourth-order valence-corrected chi connectivity index (χ4v) is 1.64. The highest BCUT2D eigenvalue weighted by Gasteiger charge is 2.16. The van der Waals surface area contributed by atoms with Crippen LogP contribution < -0.4 is 0 Å². The number of aromatic nitrogens is 2. The topological polar surface area (TPSA) is 65.2 Å². The zero-order chi connectivity index (χ0) is 12.4. The standard InChI is InChI=1S/C10H6BrClN2O3/c1-16-10(15)9-14-13-8(17-9)5-2-3-7(12)6(11)4-5/h2-4H,1H3. The Morgan fingerprint density at radius 2 is 2.24 bits per heavy atom. The first-order valence-corrected chi connectivity index (χ1v) is 5.66. The first kappa shape index (κ1) is 12.1. The van der Waals surface area contributed by atoms with E-state index in [4.69, 9.17) is 16.0 Å². The van der Waals surface area contributed by atoms with Gasteiger partial charge in [0.1, 0.15) is 0 Å². The van der Waals surface area contributed by atoms with Crippen LogP contribution in [0.2, 0.25) is 5.02 Å². The molecule has 7 heteroatoms. The molecule has 0 saturated heterocycles. The lowest BCUT2D eigenvalue weighted by Gasteiger charge is -1.97. The van der Waals surface area contributed by atoms with Gasteiger partial charge in [0.15, 0.2) is 0 Å². The molecule has 2 rings (SSSR count). The highest BCUT2D eigenvalue weighted by Crippen LogP contribution is 2.28. The van der Waals surface area contributed by atoms with Crippen molar-refractivity contribution in [2.75, 3.05) is 7.11 Å². The maximum absolute atomic E-state index is 11.1. The van der Waals surface area contributed by atoms with Gasteiger partial charge in [0.05, 0.1) is 12.1 Å². The Kier molecular flexibility index (Phi) is 3.44. The predicted molar refractivity (Wildman–Crippen MR) is 63.8 cm³/mol. The van der Waals surface area contributed by atoms with E-state index in [1.165, 1.54) is 7.11 Å². The Labute approximate surface area is 110 Å². The van der Waals surface area contributed by atoms with Crippen molar-refractivity contribution in [1.82, 2.24) is 10.2 Å². The van der Waals surface area contributed by atoms with Crippen LogP contribution in [0.3, 0.4) is 0 Å². The molecule has 0 aliphatic heterocycles. The van der Waals surface area contributed by atoms with Crippen molar-refractivity contribution in [3.63, 3.8) is 0 Å². The molecule has 0 aliphatic rings.